The van der Waals surface area contributed by atoms with Gasteiger partial charge in [0.1, 0.15) is 6.10 Å². The summed E-state index contributed by atoms with van der Waals surface area (Å²) in [4.78, 5) is 40.3. The summed E-state index contributed by atoms with van der Waals surface area (Å²) in [5, 5.41) is 0. The van der Waals surface area contributed by atoms with Gasteiger partial charge in [-0.25, -0.2) is 0 Å². The molecular formula is C19H27NO5. The van der Waals surface area contributed by atoms with Gasteiger partial charge in [-0.2, -0.15) is 0 Å². The minimum atomic E-state index is -1.50. The van der Waals surface area contributed by atoms with Crippen LogP contribution in [0.4, 0.5) is 0 Å². The zero-order valence-electron chi connectivity index (χ0n) is 15.3. The summed E-state index contributed by atoms with van der Waals surface area (Å²) >= 11 is 0. The van der Waals surface area contributed by atoms with Crippen LogP contribution in [0, 0.1) is 5.92 Å². The van der Waals surface area contributed by atoms with E-state index in [9.17, 15) is 14.4 Å². The molecule has 138 valence electrons. The molecule has 0 aliphatic carbocycles. The number of esters is 1. The molecule has 0 aromatic carbocycles. The van der Waals surface area contributed by atoms with E-state index in [0.717, 1.165) is 19.3 Å². The monoisotopic (exact) mass is 349 g/mol. The van der Waals surface area contributed by atoms with Crippen molar-refractivity contribution in [1.82, 2.24) is 4.90 Å². The van der Waals surface area contributed by atoms with Crippen LogP contribution in [0.25, 0.3) is 0 Å². The number of carbonyl (C=O) groups excluding carboxylic acids is 3. The lowest BCUT2D eigenvalue weighted by molar-refractivity contribution is -0.186. The smallest absolute Gasteiger partial charge is 0.312 e. The van der Waals surface area contributed by atoms with Crippen molar-refractivity contribution in [3.8, 4) is 0 Å². The Balaban J connectivity index is 2.24. The first kappa shape index (κ1) is 18.1. The number of hydrogen-bond donors (Lipinski definition) is 0. The van der Waals surface area contributed by atoms with Gasteiger partial charge < -0.3 is 14.4 Å². The maximum Gasteiger partial charge on any atom is 0.312 e. The third kappa shape index (κ3) is 2.30. The summed E-state index contributed by atoms with van der Waals surface area (Å²) in [6.07, 6.45) is 3.55. The zero-order valence-corrected chi connectivity index (χ0v) is 15.3. The van der Waals surface area contributed by atoms with Gasteiger partial charge in [0.25, 0.3) is 0 Å². The van der Waals surface area contributed by atoms with Crippen LogP contribution in [0.1, 0.15) is 52.4 Å². The van der Waals surface area contributed by atoms with E-state index in [1.807, 2.05) is 0 Å². The molecule has 3 heterocycles. The van der Waals surface area contributed by atoms with Crippen molar-refractivity contribution in [3.05, 3.63) is 12.2 Å². The van der Waals surface area contributed by atoms with Crippen molar-refractivity contribution in [2.45, 2.75) is 69.6 Å². The number of hydrogen-bond acceptors (Lipinski definition) is 5. The quantitative estimate of drug-likeness (QED) is 0.573. The molecule has 0 aromatic rings. The highest BCUT2D eigenvalue weighted by molar-refractivity contribution is 6.06. The fourth-order valence-corrected chi connectivity index (χ4v) is 5.08. The number of rotatable bonds is 4. The van der Waals surface area contributed by atoms with E-state index in [2.05, 4.69) is 6.58 Å². The van der Waals surface area contributed by atoms with Crippen molar-refractivity contribution in [2.75, 3.05) is 13.7 Å². The van der Waals surface area contributed by atoms with Crippen molar-refractivity contribution >= 4 is 17.7 Å². The van der Waals surface area contributed by atoms with E-state index in [1.54, 1.807) is 18.7 Å². The van der Waals surface area contributed by atoms with E-state index in [4.69, 9.17) is 9.47 Å². The topological polar surface area (TPSA) is 72.9 Å². The molecule has 0 bridgehead atoms. The zero-order chi connectivity index (χ0) is 18.4. The average Bonchev–Trinajstić information content (AvgIpc) is 2.92. The van der Waals surface area contributed by atoms with Crippen LogP contribution in [-0.4, -0.2) is 53.5 Å². The SMILES string of the molecule is C=C(C)C(=O)C1(C23CCCCCN2C(=O)CC3)OC(=O)C(C)C1OC. The molecule has 3 saturated heterocycles. The van der Waals surface area contributed by atoms with Crippen LogP contribution >= 0.6 is 0 Å². The van der Waals surface area contributed by atoms with E-state index in [0.29, 0.717) is 31.4 Å². The fraction of sp³-hybridized carbons (Fsp3) is 0.737. The van der Waals surface area contributed by atoms with Gasteiger partial charge in [0.15, 0.2) is 0 Å². The Kier molecular flexibility index (Phi) is 4.52. The Hall–Kier alpha value is -1.69. The highest BCUT2D eigenvalue weighted by atomic mass is 16.6. The standard InChI is InChI=1S/C19H27NO5/c1-12(2)15(22)19(16(24-4)13(3)17(23)25-19)18-9-6-5-7-11-20(18)14(21)8-10-18/h13,16H,1,5-11H2,2-4H3. The Morgan fingerprint density at radius 3 is 2.64 bits per heavy atom. The molecule has 25 heavy (non-hydrogen) atoms. The first-order valence-electron chi connectivity index (χ1n) is 9.08. The van der Waals surface area contributed by atoms with Gasteiger partial charge in [-0.1, -0.05) is 19.4 Å². The molecule has 3 aliphatic heterocycles. The second kappa shape index (κ2) is 6.24. The van der Waals surface area contributed by atoms with Crippen LogP contribution in [0.5, 0.6) is 0 Å². The predicted molar refractivity (Wildman–Crippen MR) is 90.8 cm³/mol. The maximum atomic E-state index is 13.4. The van der Waals surface area contributed by atoms with Crippen molar-refractivity contribution in [1.29, 1.82) is 0 Å². The summed E-state index contributed by atoms with van der Waals surface area (Å²) < 4.78 is 11.5. The van der Waals surface area contributed by atoms with Gasteiger partial charge in [0, 0.05) is 20.1 Å². The van der Waals surface area contributed by atoms with Crippen molar-refractivity contribution < 1.29 is 23.9 Å². The maximum absolute atomic E-state index is 13.4. The summed E-state index contributed by atoms with van der Waals surface area (Å²) in [5.74, 6) is -1.30. The Labute approximate surface area is 148 Å². The molecule has 0 saturated carbocycles. The number of nitrogens with zero attached hydrogens (tertiary/aromatic N) is 1. The third-order valence-corrected chi connectivity index (χ3v) is 6.20. The molecule has 0 aromatic heterocycles. The molecule has 6 nitrogen and oxygen atoms in total. The predicted octanol–water partition coefficient (Wildman–Crippen LogP) is 2.01. The van der Waals surface area contributed by atoms with Crippen LogP contribution in [0.15, 0.2) is 12.2 Å². The highest BCUT2D eigenvalue weighted by Crippen LogP contribution is 2.53. The third-order valence-electron chi connectivity index (χ3n) is 6.20. The van der Waals surface area contributed by atoms with E-state index >= 15 is 0 Å². The molecule has 0 N–H and O–H groups in total. The second-order valence-corrected chi connectivity index (χ2v) is 7.60. The van der Waals surface area contributed by atoms with Crippen LogP contribution in [0.3, 0.4) is 0 Å². The molecule has 0 spiro atoms. The highest BCUT2D eigenvalue weighted by Gasteiger charge is 2.73. The molecular weight excluding hydrogens is 322 g/mol. The lowest BCUT2D eigenvalue weighted by Crippen LogP contribution is -2.70. The minimum absolute atomic E-state index is 0.0289. The van der Waals surface area contributed by atoms with Gasteiger partial charge in [0.05, 0.1) is 11.5 Å². The summed E-state index contributed by atoms with van der Waals surface area (Å²) in [5.41, 5.74) is -2.01. The first-order valence-corrected chi connectivity index (χ1v) is 9.08. The van der Waals surface area contributed by atoms with Gasteiger partial charge in [-0.15, -0.1) is 0 Å². The molecule has 3 fully saturated rings. The lowest BCUT2D eigenvalue weighted by Gasteiger charge is -2.50. The van der Waals surface area contributed by atoms with Crippen molar-refractivity contribution in [2.24, 2.45) is 5.92 Å². The van der Waals surface area contributed by atoms with Crippen molar-refractivity contribution in [3.63, 3.8) is 0 Å². The van der Waals surface area contributed by atoms with Crippen LogP contribution in [0.2, 0.25) is 0 Å². The summed E-state index contributed by atoms with van der Waals surface area (Å²) in [6, 6.07) is 0. The number of methoxy groups -OCH3 is 1. The van der Waals surface area contributed by atoms with Gasteiger partial charge in [-0.3, -0.25) is 14.4 Å². The Bertz CT molecular complexity index is 629. The van der Waals surface area contributed by atoms with Crippen LogP contribution in [-0.2, 0) is 23.9 Å². The number of Topliss-reactive ketones (excluding diaryl/α,β-unsaturated/α-hetero) is 1. The van der Waals surface area contributed by atoms with E-state index < -0.39 is 29.1 Å². The summed E-state index contributed by atoms with van der Waals surface area (Å²) in [7, 11) is 1.50. The van der Waals surface area contributed by atoms with Gasteiger partial charge in [-0.05, 0) is 38.7 Å². The number of amides is 1. The molecule has 4 unspecified atom stereocenters. The Morgan fingerprint density at radius 2 is 2.00 bits per heavy atom. The number of carbonyl (C=O) groups is 3. The van der Waals surface area contributed by atoms with Crippen LogP contribution < -0.4 is 0 Å². The first-order chi connectivity index (χ1) is 11.8. The van der Waals surface area contributed by atoms with Gasteiger partial charge >= 0.3 is 5.97 Å². The second-order valence-electron chi connectivity index (χ2n) is 7.60. The number of cyclic esters (lactones) is 1. The molecule has 0 radical (unpaired) electrons. The fourth-order valence-electron chi connectivity index (χ4n) is 5.08. The van der Waals surface area contributed by atoms with E-state index in [-0.39, 0.29) is 11.7 Å². The Morgan fingerprint density at radius 1 is 1.28 bits per heavy atom. The molecule has 3 aliphatic rings. The number of fused-ring (bicyclic) bond motifs is 1. The van der Waals surface area contributed by atoms with Gasteiger partial charge in [0.2, 0.25) is 17.3 Å². The molecule has 4 atom stereocenters. The molecule has 1 amide bonds. The van der Waals surface area contributed by atoms with E-state index in [1.165, 1.54) is 7.11 Å². The number of ketones is 1. The minimum Gasteiger partial charge on any atom is -0.445 e. The number of ether oxygens (including phenoxy) is 2. The molecule has 6 heteroatoms. The molecule has 3 rings (SSSR count). The lowest BCUT2D eigenvalue weighted by atomic mass is 9.66. The normalized spacial score (nSPS) is 38.3. The largest absolute Gasteiger partial charge is 0.445 e. The summed E-state index contributed by atoms with van der Waals surface area (Å²) in [6.45, 7) is 7.75. The average molecular weight is 349 g/mol.